The van der Waals surface area contributed by atoms with E-state index < -0.39 is 17.6 Å². The third kappa shape index (κ3) is 3.00. The Kier molecular flexibility index (Phi) is 3.73. The number of anilines is 1. The number of nitrogens with one attached hydrogen (secondary N) is 1. The molecule has 0 saturated carbocycles. The van der Waals surface area contributed by atoms with Gasteiger partial charge in [-0.3, -0.25) is 4.79 Å². The molecule has 0 unspecified atom stereocenters. The van der Waals surface area contributed by atoms with Crippen molar-refractivity contribution in [2.24, 2.45) is 0 Å². The highest BCUT2D eigenvalue weighted by atomic mass is 35.5. The Balaban J connectivity index is 1.99. The highest BCUT2D eigenvalue weighted by Gasteiger charge is 2.34. The van der Waals surface area contributed by atoms with Gasteiger partial charge in [-0.2, -0.15) is 13.2 Å². The van der Waals surface area contributed by atoms with Crippen LogP contribution in [0.5, 0.6) is 0 Å². The molecule has 8 heteroatoms. The van der Waals surface area contributed by atoms with Crippen LogP contribution >= 0.6 is 11.6 Å². The standard InChI is InChI=1S/C15H9ClF3N3O/c16-9-3-4-12(11(8-9)15(17,18)19)21-14(23)10-2-1-6-22-7-5-20-13(10)22/h1-8H,(H,21,23). The van der Waals surface area contributed by atoms with E-state index in [9.17, 15) is 18.0 Å². The summed E-state index contributed by atoms with van der Waals surface area (Å²) in [5.41, 5.74) is -0.845. The van der Waals surface area contributed by atoms with E-state index in [1.54, 1.807) is 22.9 Å². The summed E-state index contributed by atoms with van der Waals surface area (Å²) in [5, 5.41) is 2.21. The van der Waals surface area contributed by atoms with Crippen LogP contribution in [0, 0.1) is 0 Å². The molecule has 0 saturated heterocycles. The fraction of sp³-hybridized carbons (Fsp3) is 0.0667. The average molecular weight is 340 g/mol. The molecule has 3 rings (SSSR count). The maximum atomic E-state index is 13.1. The number of imidazole rings is 1. The predicted octanol–water partition coefficient (Wildman–Crippen LogP) is 4.26. The number of carbonyl (C=O) groups is 1. The molecule has 0 aliphatic rings. The molecule has 0 radical (unpaired) electrons. The Hall–Kier alpha value is -2.54. The number of rotatable bonds is 2. The van der Waals surface area contributed by atoms with Gasteiger partial charge >= 0.3 is 6.18 Å². The second kappa shape index (κ2) is 5.58. The highest BCUT2D eigenvalue weighted by molar-refractivity contribution is 6.30. The molecule has 3 aromatic rings. The predicted molar refractivity (Wildman–Crippen MR) is 79.6 cm³/mol. The molecule has 4 nitrogen and oxygen atoms in total. The summed E-state index contributed by atoms with van der Waals surface area (Å²) in [6.45, 7) is 0. The lowest BCUT2D eigenvalue weighted by atomic mass is 10.1. The monoisotopic (exact) mass is 339 g/mol. The van der Waals surface area contributed by atoms with Crippen molar-refractivity contribution in [2.75, 3.05) is 5.32 Å². The van der Waals surface area contributed by atoms with Crippen molar-refractivity contribution in [3.63, 3.8) is 0 Å². The van der Waals surface area contributed by atoms with E-state index in [1.807, 2.05) is 0 Å². The van der Waals surface area contributed by atoms with Crippen molar-refractivity contribution >= 4 is 28.8 Å². The van der Waals surface area contributed by atoms with Gasteiger partial charge in [0.2, 0.25) is 0 Å². The zero-order valence-corrected chi connectivity index (χ0v) is 12.2. The molecule has 23 heavy (non-hydrogen) atoms. The van der Waals surface area contributed by atoms with E-state index in [2.05, 4.69) is 10.3 Å². The number of pyridine rings is 1. The van der Waals surface area contributed by atoms with Gasteiger partial charge in [-0.15, -0.1) is 0 Å². The van der Waals surface area contributed by atoms with Crippen LogP contribution in [0.1, 0.15) is 15.9 Å². The van der Waals surface area contributed by atoms with Crippen LogP contribution < -0.4 is 5.32 Å². The normalized spacial score (nSPS) is 11.7. The first kappa shape index (κ1) is 15.4. The number of fused-ring (bicyclic) bond motifs is 1. The van der Waals surface area contributed by atoms with Gasteiger partial charge < -0.3 is 9.72 Å². The molecule has 0 bridgehead atoms. The van der Waals surface area contributed by atoms with Gasteiger partial charge in [0.25, 0.3) is 5.91 Å². The summed E-state index contributed by atoms with van der Waals surface area (Å²) in [7, 11) is 0. The van der Waals surface area contributed by atoms with Crippen molar-refractivity contribution < 1.29 is 18.0 Å². The van der Waals surface area contributed by atoms with Crippen LogP contribution in [0.4, 0.5) is 18.9 Å². The summed E-state index contributed by atoms with van der Waals surface area (Å²) >= 11 is 5.61. The Morgan fingerprint density at radius 3 is 2.74 bits per heavy atom. The second-order valence-corrected chi connectivity index (χ2v) is 5.16. The Morgan fingerprint density at radius 1 is 1.22 bits per heavy atom. The van der Waals surface area contributed by atoms with E-state index >= 15 is 0 Å². The van der Waals surface area contributed by atoms with E-state index in [0.29, 0.717) is 5.65 Å². The maximum Gasteiger partial charge on any atom is 0.418 e. The summed E-state index contributed by atoms with van der Waals surface area (Å²) in [4.78, 5) is 16.4. The smallest absolute Gasteiger partial charge is 0.321 e. The number of carbonyl (C=O) groups excluding carboxylic acids is 1. The van der Waals surface area contributed by atoms with E-state index in [0.717, 1.165) is 12.1 Å². The van der Waals surface area contributed by atoms with Crippen LogP contribution in [0.2, 0.25) is 5.02 Å². The first-order valence-corrected chi connectivity index (χ1v) is 6.84. The van der Waals surface area contributed by atoms with Crippen molar-refractivity contribution in [2.45, 2.75) is 6.18 Å². The lowest BCUT2D eigenvalue weighted by Crippen LogP contribution is -2.17. The quantitative estimate of drug-likeness (QED) is 0.758. The summed E-state index contributed by atoms with van der Waals surface area (Å²) in [5.74, 6) is -0.686. The van der Waals surface area contributed by atoms with E-state index in [-0.39, 0.29) is 16.3 Å². The molecule has 2 heterocycles. The highest BCUT2D eigenvalue weighted by Crippen LogP contribution is 2.36. The number of alkyl halides is 3. The van der Waals surface area contributed by atoms with Crippen LogP contribution in [-0.4, -0.2) is 15.3 Å². The molecular formula is C15H9ClF3N3O. The van der Waals surface area contributed by atoms with Gasteiger partial charge in [-0.05, 0) is 30.3 Å². The van der Waals surface area contributed by atoms with Crippen LogP contribution in [-0.2, 0) is 6.18 Å². The first-order chi connectivity index (χ1) is 10.9. The van der Waals surface area contributed by atoms with Gasteiger partial charge in [0.15, 0.2) is 0 Å². The van der Waals surface area contributed by atoms with Crippen LogP contribution in [0.25, 0.3) is 5.65 Å². The number of hydrogen-bond donors (Lipinski definition) is 1. The Bertz CT molecular complexity index is 889. The SMILES string of the molecule is O=C(Nc1ccc(Cl)cc1C(F)(F)F)c1cccn2ccnc12. The minimum atomic E-state index is -4.63. The lowest BCUT2D eigenvalue weighted by molar-refractivity contribution is -0.136. The first-order valence-electron chi connectivity index (χ1n) is 6.46. The second-order valence-electron chi connectivity index (χ2n) is 4.72. The Morgan fingerprint density at radius 2 is 2.00 bits per heavy atom. The summed E-state index contributed by atoms with van der Waals surface area (Å²) in [6, 6.07) is 6.27. The lowest BCUT2D eigenvalue weighted by Gasteiger charge is -2.14. The third-order valence-electron chi connectivity index (χ3n) is 3.20. The maximum absolute atomic E-state index is 13.1. The van der Waals surface area contributed by atoms with E-state index in [1.165, 1.54) is 18.3 Å². The molecule has 0 fully saturated rings. The minimum absolute atomic E-state index is 0.0642. The van der Waals surface area contributed by atoms with Gasteiger partial charge in [-0.25, -0.2) is 4.98 Å². The molecule has 0 aliphatic carbocycles. The van der Waals surface area contributed by atoms with E-state index in [4.69, 9.17) is 11.6 Å². The zero-order valence-electron chi connectivity index (χ0n) is 11.4. The third-order valence-corrected chi connectivity index (χ3v) is 3.43. The molecule has 1 aromatic carbocycles. The molecular weight excluding hydrogens is 331 g/mol. The molecule has 2 aromatic heterocycles. The summed E-state index contributed by atoms with van der Waals surface area (Å²) in [6.07, 6.45) is 0.181. The molecule has 1 amide bonds. The Labute approximate surface area is 133 Å². The molecule has 0 spiro atoms. The largest absolute Gasteiger partial charge is 0.418 e. The number of amides is 1. The topological polar surface area (TPSA) is 46.4 Å². The fourth-order valence-electron chi connectivity index (χ4n) is 2.18. The summed E-state index contributed by atoms with van der Waals surface area (Å²) < 4.78 is 40.8. The molecule has 0 atom stereocenters. The molecule has 118 valence electrons. The van der Waals surface area contributed by atoms with Crippen molar-refractivity contribution in [3.05, 3.63) is 65.1 Å². The van der Waals surface area contributed by atoms with Crippen LogP contribution in [0.3, 0.4) is 0 Å². The van der Waals surface area contributed by atoms with Gasteiger partial charge in [-0.1, -0.05) is 11.6 Å². The number of halogens is 4. The van der Waals surface area contributed by atoms with Crippen molar-refractivity contribution in [1.82, 2.24) is 9.38 Å². The zero-order chi connectivity index (χ0) is 16.6. The van der Waals surface area contributed by atoms with Crippen LogP contribution in [0.15, 0.2) is 48.9 Å². The molecule has 1 N–H and O–H groups in total. The fourth-order valence-corrected chi connectivity index (χ4v) is 2.35. The molecule has 0 aliphatic heterocycles. The minimum Gasteiger partial charge on any atom is -0.321 e. The number of nitrogens with zero attached hydrogens (tertiary/aromatic N) is 2. The number of benzene rings is 1. The number of aromatic nitrogens is 2. The van der Waals surface area contributed by atoms with Gasteiger partial charge in [0.05, 0.1) is 16.8 Å². The van der Waals surface area contributed by atoms with Gasteiger partial charge in [0.1, 0.15) is 5.65 Å². The van der Waals surface area contributed by atoms with Crippen molar-refractivity contribution in [1.29, 1.82) is 0 Å². The number of hydrogen-bond acceptors (Lipinski definition) is 2. The van der Waals surface area contributed by atoms with Crippen molar-refractivity contribution in [3.8, 4) is 0 Å². The average Bonchev–Trinajstić information content (AvgIpc) is 2.96. The van der Waals surface area contributed by atoms with Gasteiger partial charge in [0, 0.05) is 23.6 Å².